The molecule has 4 rings (SSSR count). The maximum absolute atomic E-state index is 12.2. The summed E-state index contributed by atoms with van der Waals surface area (Å²) in [7, 11) is 1.50. The van der Waals surface area contributed by atoms with Gasteiger partial charge in [0.15, 0.2) is 11.5 Å². The van der Waals surface area contributed by atoms with Gasteiger partial charge in [0.05, 0.1) is 19.2 Å². The quantitative estimate of drug-likeness (QED) is 0.451. The average molecular weight is 412 g/mol. The zero-order valence-corrected chi connectivity index (χ0v) is 16.7. The third-order valence-electron chi connectivity index (χ3n) is 4.15. The number of thiazole rings is 1. The van der Waals surface area contributed by atoms with Gasteiger partial charge in [0, 0.05) is 20.5 Å². The fourth-order valence-corrected chi connectivity index (χ4v) is 4.64. The Kier molecular flexibility index (Phi) is 5.27. The Morgan fingerprint density at radius 2 is 2.04 bits per heavy atom. The van der Waals surface area contributed by atoms with Crippen LogP contribution in [0.25, 0.3) is 20.7 Å². The van der Waals surface area contributed by atoms with Crippen LogP contribution >= 0.6 is 22.7 Å². The van der Waals surface area contributed by atoms with E-state index < -0.39 is 0 Å². The van der Waals surface area contributed by atoms with Crippen LogP contribution in [-0.2, 0) is 22.6 Å². The number of aromatic hydroxyl groups is 1. The summed E-state index contributed by atoms with van der Waals surface area (Å²) in [6.45, 7) is 0.134. The summed E-state index contributed by atoms with van der Waals surface area (Å²) < 4.78 is 11.7. The second kappa shape index (κ2) is 8.00. The van der Waals surface area contributed by atoms with Gasteiger partial charge in [0.1, 0.15) is 11.6 Å². The third kappa shape index (κ3) is 4.00. The molecule has 28 heavy (non-hydrogen) atoms. The van der Waals surface area contributed by atoms with Crippen LogP contribution in [0.4, 0.5) is 0 Å². The van der Waals surface area contributed by atoms with Crippen molar-refractivity contribution in [3.05, 3.63) is 64.5 Å². The summed E-state index contributed by atoms with van der Waals surface area (Å²) in [5.74, 6) is 0.203. The van der Waals surface area contributed by atoms with Gasteiger partial charge in [0.25, 0.3) is 0 Å². The van der Waals surface area contributed by atoms with Crippen LogP contribution in [0.5, 0.6) is 11.5 Å². The highest BCUT2D eigenvalue weighted by Gasteiger charge is 2.12. The minimum absolute atomic E-state index is 0.0817. The van der Waals surface area contributed by atoms with Gasteiger partial charge < -0.3 is 14.6 Å². The van der Waals surface area contributed by atoms with Gasteiger partial charge in [-0.3, -0.25) is 4.79 Å². The van der Waals surface area contributed by atoms with E-state index in [2.05, 4.69) is 4.98 Å². The maximum atomic E-state index is 12.2. The van der Waals surface area contributed by atoms with E-state index in [-0.39, 0.29) is 24.7 Å². The third-order valence-corrected chi connectivity index (χ3v) is 6.21. The first-order chi connectivity index (χ1) is 13.6. The largest absolute Gasteiger partial charge is 0.504 e. The van der Waals surface area contributed by atoms with Crippen molar-refractivity contribution < 1.29 is 19.4 Å². The van der Waals surface area contributed by atoms with Gasteiger partial charge in [-0.15, -0.1) is 22.7 Å². The van der Waals surface area contributed by atoms with E-state index in [1.54, 1.807) is 29.5 Å². The molecule has 0 bridgehead atoms. The Morgan fingerprint density at radius 3 is 2.86 bits per heavy atom. The van der Waals surface area contributed by atoms with Gasteiger partial charge >= 0.3 is 5.97 Å². The number of benzene rings is 2. The van der Waals surface area contributed by atoms with E-state index >= 15 is 0 Å². The smallest absolute Gasteiger partial charge is 0.311 e. The zero-order valence-electron chi connectivity index (χ0n) is 15.0. The number of phenols is 1. The molecule has 7 heteroatoms. The lowest BCUT2D eigenvalue weighted by Crippen LogP contribution is -2.07. The number of phenolic OH excluding ortho intramolecular Hbond substituents is 1. The van der Waals surface area contributed by atoms with Crippen molar-refractivity contribution >= 4 is 38.7 Å². The van der Waals surface area contributed by atoms with Gasteiger partial charge in [0.2, 0.25) is 0 Å². The molecule has 0 radical (unpaired) electrons. The number of carbonyl (C=O) groups is 1. The molecule has 5 nitrogen and oxygen atoms in total. The molecule has 2 aromatic carbocycles. The monoisotopic (exact) mass is 411 g/mol. The Hall–Kier alpha value is -2.90. The summed E-state index contributed by atoms with van der Waals surface area (Å²) in [4.78, 5) is 17.7. The van der Waals surface area contributed by atoms with E-state index in [0.717, 1.165) is 20.8 Å². The number of ether oxygens (including phenoxy) is 2. The molecule has 0 aliphatic rings. The molecular formula is C21H17NO4S2. The van der Waals surface area contributed by atoms with Crippen LogP contribution in [0.1, 0.15) is 10.6 Å². The van der Waals surface area contributed by atoms with Gasteiger partial charge in [-0.1, -0.05) is 18.2 Å². The molecule has 0 unspecified atom stereocenters. The van der Waals surface area contributed by atoms with E-state index in [1.807, 2.05) is 35.7 Å². The second-order valence-corrected chi connectivity index (χ2v) is 8.15. The Morgan fingerprint density at radius 1 is 1.18 bits per heavy atom. The number of rotatable bonds is 6. The predicted octanol–water partition coefficient (Wildman–Crippen LogP) is 5.02. The fourth-order valence-electron chi connectivity index (χ4n) is 2.79. The summed E-state index contributed by atoms with van der Waals surface area (Å²) in [6.07, 6.45) is 0.255. The van der Waals surface area contributed by atoms with Crippen molar-refractivity contribution in [2.75, 3.05) is 7.11 Å². The first-order valence-corrected chi connectivity index (χ1v) is 10.3. The molecule has 0 spiro atoms. The minimum Gasteiger partial charge on any atom is -0.504 e. The highest BCUT2D eigenvalue weighted by Crippen LogP contribution is 2.33. The van der Waals surface area contributed by atoms with Crippen LogP contribution in [-0.4, -0.2) is 23.2 Å². The first-order valence-electron chi connectivity index (χ1n) is 8.57. The lowest BCUT2D eigenvalue weighted by atomic mass is 10.2. The lowest BCUT2D eigenvalue weighted by Gasteiger charge is -2.04. The molecule has 0 fully saturated rings. The number of esters is 1. The standard InChI is InChI=1S/C21H17NO4S2/c1-25-18-9-14(6-7-17(18)23)21-22-15(12-27-21)11-26-20(24)10-16-8-13-4-2-3-5-19(13)28-16/h2-9,12,23H,10-11H2,1H3. The molecular weight excluding hydrogens is 394 g/mol. The molecule has 0 aliphatic heterocycles. The molecule has 2 heterocycles. The molecule has 0 atom stereocenters. The lowest BCUT2D eigenvalue weighted by molar-refractivity contribution is -0.144. The van der Waals surface area contributed by atoms with Crippen molar-refractivity contribution in [1.82, 2.24) is 4.98 Å². The molecule has 0 amide bonds. The Balaban J connectivity index is 1.38. The molecule has 0 saturated heterocycles. The van der Waals surface area contributed by atoms with E-state index in [4.69, 9.17) is 9.47 Å². The van der Waals surface area contributed by atoms with Gasteiger partial charge in [-0.2, -0.15) is 0 Å². The van der Waals surface area contributed by atoms with Crippen LogP contribution in [0.2, 0.25) is 0 Å². The SMILES string of the molecule is COc1cc(-c2nc(COC(=O)Cc3cc4ccccc4s3)cs2)ccc1O. The van der Waals surface area contributed by atoms with Crippen LogP contribution < -0.4 is 4.74 Å². The van der Waals surface area contributed by atoms with E-state index in [9.17, 15) is 9.90 Å². The normalized spacial score (nSPS) is 10.9. The summed E-state index contributed by atoms with van der Waals surface area (Å²) in [5, 5.41) is 13.5. The second-order valence-electron chi connectivity index (χ2n) is 6.12. The number of fused-ring (bicyclic) bond motifs is 1. The number of nitrogens with zero attached hydrogens (tertiary/aromatic N) is 1. The summed E-state index contributed by atoms with van der Waals surface area (Å²) in [5.41, 5.74) is 1.53. The topological polar surface area (TPSA) is 68.7 Å². The van der Waals surface area contributed by atoms with Gasteiger partial charge in [-0.05, 0) is 35.7 Å². The average Bonchev–Trinajstić information content (AvgIpc) is 3.33. The number of methoxy groups -OCH3 is 1. The number of hydrogen-bond acceptors (Lipinski definition) is 7. The minimum atomic E-state index is -0.271. The molecule has 2 aromatic heterocycles. The number of carbonyl (C=O) groups excluding carboxylic acids is 1. The van der Waals surface area contributed by atoms with Crippen molar-refractivity contribution in [3.63, 3.8) is 0 Å². The van der Waals surface area contributed by atoms with E-state index in [0.29, 0.717) is 11.4 Å². The highest BCUT2D eigenvalue weighted by molar-refractivity contribution is 7.19. The fraction of sp³-hybridized carbons (Fsp3) is 0.143. The summed E-state index contributed by atoms with van der Waals surface area (Å²) in [6, 6.07) is 15.2. The molecule has 0 saturated carbocycles. The zero-order chi connectivity index (χ0) is 19.5. The highest BCUT2D eigenvalue weighted by atomic mass is 32.1. The summed E-state index contributed by atoms with van der Waals surface area (Å²) >= 11 is 3.06. The molecule has 142 valence electrons. The molecule has 0 aliphatic carbocycles. The molecule has 1 N–H and O–H groups in total. The predicted molar refractivity (Wildman–Crippen MR) is 111 cm³/mol. The van der Waals surface area contributed by atoms with Crippen LogP contribution in [0.15, 0.2) is 53.9 Å². The maximum Gasteiger partial charge on any atom is 0.311 e. The number of aromatic nitrogens is 1. The first kappa shape index (κ1) is 18.5. The van der Waals surface area contributed by atoms with Crippen LogP contribution in [0, 0.1) is 0 Å². The Labute approximate surface area is 169 Å². The van der Waals surface area contributed by atoms with Crippen molar-refractivity contribution in [2.24, 2.45) is 0 Å². The van der Waals surface area contributed by atoms with Crippen molar-refractivity contribution in [1.29, 1.82) is 0 Å². The Bertz CT molecular complexity index is 1100. The number of hydrogen-bond donors (Lipinski definition) is 1. The number of thiophene rings is 1. The molecule has 4 aromatic rings. The van der Waals surface area contributed by atoms with E-state index in [1.165, 1.54) is 23.1 Å². The van der Waals surface area contributed by atoms with Crippen molar-refractivity contribution in [2.45, 2.75) is 13.0 Å². The van der Waals surface area contributed by atoms with Gasteiger partial charge in [-0.25, -0.2) is 4.98 Å². The van der Waals surface area contributed by atoms with Crippen molar-refractivity contribution in [3.8, 4) is 22.1 Å². The van der Waals surface area contributed by atoms with Crippen LogP contribution in [0.3, 0.4) is 0 Å².